The number of hydrogen-bond acceptors (Lipinski definition) is 3. The minimum absolute atomic E-state index is 0.0960. The lowest BCUT2D eigenvalue weighted by Crippen LogP contribution is -2.05. The number of nitrogens with zero attached hydrogens (tertiary/aromatic N) is 3. The van der Waals surface area contributed by atoms with Crippen LogP contribution >= 0.6 is 0 Å². The molecule has 226 valence electrons. The van der Waals surface area contributed by atoms with Crippen LogP contribution < -0.4 is 0 Å². The predicted molar refractivity (Wildman–Crippen MR) is 200 cm³/mol. The van der Waals surface area contributed by atoms with Gasteiger partial charge in [-0.15, -0.1) is 0 Å². The topological polar surface area (TPSA) is 38.7 Å². The van der Waals surface area contributed by atoms with E-state index in [0.29, 0.717) is 0 Å². The quantitative estimate of drug-likeness (QED) is 0.181. The van der Waals surface area contributed by atoms with Gasteiger partial charge in [-0.3, -0.25) is 4.98 Å². The molecule has 48 heavy (non-hydrogen) atoms. The smallest absolute Gasteiger partial charge is 0.160 e. The van der Waals surface area contributed by atoms with Crippen molar-refractivity contribution in [2.24, 2.45) is 0 Å². The third-order valence-corrected chi connectivity index (χ3v) is 9.46. The second-order valence-corrected chi connectivity index (χ2v) is 12.4. The average Bonchev–Trinajstić information content (AvgIpc) is 3.17. The van der Waals surface area contributed by atoms with Crippen LogP contribution in [-0.4, -0.2) is 15.0 Å². The van der Waals surface area contributed by atoms with E-state index in [1.807, 2.05) is 18.5 Å². The van der Waals surface area contributed by atoms with Crippen LogP contribution in [0, 0.1) is 0 Å². The van der Waals surface area contributed by atoms with Crippen LogP contribution in [0.3, 0.4) is 0 Å². The van der Waals surface area contributed by atoms with Gasteiger partial charge in [0.1, 0.15) is 0 Å². The van der Waals surface area contributed by atoms with E-state index in [2.05, 4.69) is 157 Å². The van der Waals surface area contributed by atoms with Gasteiger partial charge in [-0.1, -0.05) is 133 Å². The van der Waals surface area contributed by atoms with Gasteiger partial charge in [-0.2, -0.15) is 0 Å². The van der Waals surface area contributed by atoms with E-state index in [0.717, 1.165) is 51.3 Å². The largest absolute Gasteiger partial charge is 0.264 e. The minimum atomic E-state index is 0.0960. The first-order valence-corrected chi connectivity index (χ1v) is 16.5. The molecular formula is C45H31N3. The minimum Gasteiger partial charge on any atom is -0.264 e. The Labute approximate surface area is 279 Å². The van der Waals surface area contributed by atoms with Crippen molar-refractivity contribution in [2.45, 2.75) is 12.3 Å². The van der Waals surface area contributed by atoms with Crippen molar-refractivity contribution in [3.8, 4) is 33.8 Å². The number of fused-ring (bicyclic) bond motifs is 4. The maximum Gasteiger partial charge on any atom is 0.160 e. The summed E-state index contributed by atoms with van der Waals surface area (Å²) in [6.07, 6.45) is 11.4. The lowest BCUT2D eigenvalue weighted by Gasteiger charge is -2.19. The fourth-order valence-electron chi connectivity index (χ4n) is 7.10. The molecular weight excluding hydrogens is 583 g/mol. The van der Waals surface area contributed by atoms with Gasteiger partial charge in [-0.05, 0) is 85.3 Å². The van der Waals surface area contributed by atoms with Gasteiger partial charge in [0.2, 0.25) is 0 Å². The molecule has 1 aliphatic carbocycles. The monoisotopic (exact) mass is 613 g/mol. The van der Waals surface area contributed by atoms with Crippen LogP contribution in [0.15, 0.2) is 170 Å². The highest BCUT2D eigenvalue weighted by Gasteiger charge is 2.20. The Morgan fingerprint density at radius 1 is 0.521 bits per heavy atom. The van der Waals surface area contributed by atoms with Crippen molar-refractivity contribution in [1.82, 2.24) is 15.0 Å². The first kappa shape index (κ1) is 28.1. The summed E-state index contributed by atoms with van der Waals surface area (Å²) in [4.78, 5) is 15.1. The van der Waals surface area contributed by atoms with Crippen LogP contribution in [-0.2, 0) is 0 Å². The van der Waals surface area contributed by atoms with E-state index in [1.165, 1.54) is 38.1 Å². The van der Waals surface area contributed by atoms with Crippen molar-refractivity contribution in [1.29, 1.82) is 0 Å². The van der Waals surface area contributed by atoms with E-state index in [4.69, 9.17) is 9.97 Å². The SMILES string of the molecule is C1=CC(c2cccnc2)=CC(c2cc(-c3cccc(-c4cccc5ccccc45)c3)nc(-c3cc4ccccc4c4ccccc34)n2)C1. The molecule has 0 fully saturated rings. The van der Waals surface area contributed by atoms with Gasteiger partial charge < -0.3 is 0 Å². The third-order valence-electron chi connectivity index (χ3n) is 9.46. The highest BCUT2D eigenvalue weighted by molar-refractivity contribution is 6.13. The third kappa shape index (κ3) is 5.06. The zero-order chi connectivity index (χ0) is 31.9. The molecule has 3 heteroatoms. The lowest BCUT2D eigenvalue weighted by atomic mass is 9.89. The zero-order valence-corrected chi connectivity index (χ0v) is 26.3. The fourth-order valence-corrected chi connectivity index (χ4v) is 7.10. The molecule has 3 nitrogen and oxygen atoms in total. The maximum atomic E-state index is 5.35. The van der Waals surface area contributed by atoms with Gasteiger partial charge in [0, 0.05) is 29.4 Å². The van der Waals surface area contributed by atoms with E-state index in [1.54, 1.807) is 0 Å². The van der Waals surface area contributed by atoms with Gasteiger partial charge in [-0.25, -0.2) is 9.97 Å². The Hall–Kier alpha value is -6.19. The molecule has 0 N–H and O–H groups in total. The molecule has 1 atom stereocenters. The molecule has 0 saturated heterocycles. The summed E-state index contributed by atoms with van der Waals surface area (Å²) in [6, 6.07) is 49.6. The van der Waals surface area contributed by atoms with Crippen LogP contribution in [0.2, 0.25) is 0 Å². The molecule has 2 heterocycles. The Morgan fingerprint density at radius 3 is 2.12 bits per heavy atom. The van der Waals surface area contributed by atoms with Crippen LogP contribution in [0.25, 0.3) is 71.7 Å². The maximum absolute atomic E-state index is 5.35. The summed E-state index contributed by atoms with van der Waals surface area (Å²) < 4.78 is 0. The summed E-state index contributed by atoms with van der Waals surface area (Å²) in [6.45, 7) is 0. The second-order valence-electron chi connectivity index (χ2n) is 12.4. The van der Waals surface area contributed by atoms with Crippen molar-refractivity contribution in [3.05, 3.63) is 181 Å². The Kier molecular flexibility index (Phi) is 6.94. The summed E-state index contributed by atoms with van der Waals surface area (Å²) in [5.41, 5.74) is 8.69. The van der Waals surface area contributed by atoms with E-state index >= 15 is 0 Å². The summed E-state index contributed by atoms with van der Waals surface area (Å²) in [5, 5.41) is 7.25. The molecule has 1 unspecified atom stereocenters. The first-order chi connectivity index (χ1) is 23.8. The molecule has 0 saturated carbocycles. The van der Waals surface area contributed by atoms with Crippen molar-refractivity contribution < 1.29 is 0 Å². The highest BCUT2D eigenvalue weighted by Crippen LogP contribution is 2.38. The summed E-state index contributed by atoms with van der Waals surface area (Å²) in [7, 11) is 0. The van der Waals surface area contributed by atoms with Crippen molar-refractivity contribution in [2.75, 3.05) is 0 Å². The van der Waals surface area contributed by atoms with E-state index in [-0.39, 0.29) is 5.92 Å². The van der Waals surface area contributed by atoms with Gasteiger partial charge in [0.05, 0.1) is 11.4 Å². The van der Waals surface area contributed by atoms with Gasteiger partial charge in [0.25, 0.3) is 0 Å². The Balaban J connectivity index is 1.25. The summed E-state index contributed by atoms with van der Waals surface area (Å²) >= 11 is 0. The zero-order valence-electron chi connectivity index (χ0n) is 26.3. The lowest BCUT2D eigenvalue weighted by molar-refractivity contribution is 0.814. The second kappa shape index (κ2) is 11.9. The Bertz CT molecular complexity index is 2540. The number of allylic oxidation sites excluding steroid dienone is 4. The fraction of sp³-hybridized carbons (Fsp3) is 0.0444. The number of rotatable bonds is 5. The first-order valence-electron chi connectivity index (χ1n) is 16.5. The molecule has 8 aromatic rings. The Morgan fingerprint density at radius 2 is 1.25 bits per heavy atom. The molecule has 0 bridgehead atoms. The number of hydrogen-bond donors (Lipinski definition) is 0. The molecule has 9 rings (SSSR count). The van der Waals surface area contributed by atoms with Crippen LogP contribution in [0.5, 0.6) is 0 Å². The van der Waals surface area contributed by atoms with Gasteiger partial charge in [0.15, 0.2) is 5.82 Å². The van der Waals surface area contributed by atoms with Crippen molar-refractivity contribution >= 4 is 37.9 Å². The number of aromatic nitrogens is 3. The number of pyridine rings is 1. The predicted octanol–water partition coefficient (Wildman–Crippen LogP) is 11.5. The molecule has 0 amide bonds. The molecule has 0 radical (unpaired) electrons. The van der Waals surface area contributed by atoms with E-state index < -0.39 is 0 Å². The molecule has 2 aromatic heterocycles. The van der Waals surface area contributed by atoms with Crippen LogP contribution in [0.1, 0.15) is 23.6 Å². The molecule has 0 aliphatic heterocycles. The van der Waals surface area contributed by atoms with E-state index in [9.17, 15) is 0 Å². The average molecular weight is 614 g/mol. The summed E-state index contributed by atoms with van der Waals surface area (Å²) in [5.74, 6) is 0.838. The highest BCUT2D eigenvalue weighted by atomic mass is 14.9. The normalized spacial score (nSPS) is 14.4. The molecule has 1 aliphatic rings. The molecule has 0 spiro atoms. The van der Waals surface area contributed by atoms with Crippen LogP contribution in [0.4, 0.5) is 0 Å². The number of benzene rings is 6. The standard InChI is InChI=1S/C45H31N3/c1-3-19-37-30(11-1)13-9-23-38(37)32-15-8-17-35(26-32)44-28-43(34-16-7-14-31(25-34)36-18-10-24-46-29-36)47-45(48-44)42-27-33-12-2-4-20-39(33)40-21-5-6-22-41(40)42/h1-15,17-29,34H,16H2. The van der Waals surface area contributed by atoms with Crippen molar-refractivity contribution in [3.63, 3.8) is 0 Å². The van der Waals surface area contributed by atoms with Gasteiger partial charge >= 0.3 is 0 Å². The molecule has 6 aromatic carbocycles.